The van der Waals surface area contributed by atoms with Gasteiger partial charge in [-0.25, -0.2) is 8.42 Å². The number of benzene rings is 2. The zero-order valence-corrected chi connectivity index (χ0v) is 13.1. The van der Waals surface area contributed by atoms with E-state index >= 15 is 0 Å². The summed E-state index contributed by atoms with van der Waals surface area (Å²) in [6, 6.07) is 15.3. The highest BCUT2D eigenvalue weighted by Crippen LogP contribution is 2.26. The van der Waals surface area contributed by atoms with Crippen molar-refractivity contribution in [3.05, 3.63) is 65.9 Å². The van der Waals surface area contributed by atoms with Crippen molar-refractivity contribution in [3.63, 3.8) is 0 Å². The first-order valence-corrected chi connectivity index (χ1v) is 8.37. The minimum Gasteiger partial charge on any atom is -0.278 e. The number of pyridine rings is 1. The van der Waals surface area contributed by atoms with Crippen LogP contribution in [0.4, 0.5) is 5.69 Å². The normalized spacial score (nSPS) is 11.1. The molecule has 0 fully saturated rings. The summed E-state index contributed by atoms with van der Waals surface area (Å²) in [6.45, 7) is 1.88. The molecule has 1 N–H and O–H groups in total. The molecule has 23 heavy (non-hydrogen) atoms. The van der Waals surface area contributed by atoms with Crippen LogP contribution in [0.1, 0.15) is 11.1 Å². The molecule has 0 aliphatic heterocycles. The van der Waals surface area contributed by atoms with Crippen LogP contribution in [0.3, 0.4) is 0 Å². The third kappa shape index (κ3) is 2.87. The van der Waals surface area contributed by atoms with Crippen molar-refractivity contribution >= 4 is 26.6 Å². The Labute approximate surface area is 134 Å². The highest BCUT2D eigenvalue weighted by atomic mass is 32.2. The Hall–Kier alpha value is -2.91. The van der Waals surface area contributed by atoms with Crippen molar-refractivity contribution in [2.75, 3.05) is 4.72 Å². The first-order chi connectivity index (χ1) is 11.0. The zero-order chi connectivity index (χ0) is 16.4. The van der Waals surface area contributed by atoms with Crippen LogP contribution >= 0.6 is 0 Å². The number of nitrogens with zero attached hydrogens (tertiary/aromatic N) is 2. The third-order valence-electron chi connectivity index (χ3n) is 3.47. The maximum absolute atomic E-state index is 12.5. The van der Waals surface area contributed by atoms with Crippen LogP contribution < -0.4 is 4.72 Å². The van der Waals surface area contributed by atoms with Gasteiger partial charge in [-0.1, -0.05) is 17.7 Å². The van der Waals surface area contributed by atoms with Crippen LogP contribution in [-0.4, -0.2) is 13.4 Å². The largest absolute Gasteiger partial charge is 0.278 e. The molecule has 0 saturated heterocycles. The molecule has 1 aromatic heterocycles. The summed E-state index contributed by atoms with van der Waals surface area (Å²) in [5, 5.41) is 10.0. The van der Waals surface area contributed by atoms with E-state index in [9.17, 15) is 13.7 Å². The number of aromatic nitrogens is 1. The molecule has 0 bridgehead atoms. The van der Waals surface area contributed by atoms with Crippen molar-refractivity contribution in [3.8, 4) is 6.07 Å². The van der Waals surface area contributed by atoms with Gasteiger partial charge in [0.1, 0.15) is 6.07 Å². The average molecular weight is 323 g/mol. The van der Waals surface area contributed by atoms with Crippen LogP contribution in [0.5, 0.6) is 0 Å². The fourth-order valence-corrected chi connectivity index (χ4v) is 3.35. The Morgan fingerprint density at radius 2 is 1.83 bits per heavy atom. The number of fused-ring (bicyclic) bond motifs is 1. The molecule has 0 atom stereocenters. The molecular formula is C17H13N3O2S. The quantitative estimate of drug-likeness (QED) is 0.802. The van der Waals surface area contributed by atoms with Gasteiger partial charge in [-0.15, -0.1) is 0 Å². The number of rotatable bonds is 3. The van der Waals surface area contributed by atoms with Gasteiger partial charge in [0.2, 0.25) is 0 Å². The van der Waals surface area contributed by atoms with Gasteiger partial charge in [0.05, 0.1) is 21.7 Å². The summed E-state index contributed by atoms with van der Waals surface area (Å²) >= 11 is 0. The summed E-state index contributed by atoms with van der Waals surface area (Å²) in [4.78, 5) is 4.32. The van der Waals surface area contributed by atoms with E-state index in [0.717, 1.165) is 5.56 Å². The molecule has 3 rings (SSSR count). The van der Waals surface area contributed by atoms with Gasteiger partial charge in [0, 0.05) is 11.6 Å². The lowest BCUT2D eigenvalue weighted by Gasteiger charge is -2.11. The average Bonchev–Trinajstić information content (AvgIpc) is 2.55. The minimum atomic E-state index is -3.75. The second kappa shape index (κ2) is 5.71. The van der Waals surface area contributed by atoms with Gasteiger partial charge in [-0.2, -0.15) is 5.26 Å². The summed E-state index contributed by atoms with van der Waals surface area (Å²) in [5.74, 6) is 0. The number of aryl methyl sites for hydroxylation is 1. The van der Waals surface area contributed by atoms with Gasteiger partial charge in [-0.05, 0) is 43.3 Å². The third-order valence-corrected chi connectivity index (χ3v) is 4.85. The van der Waals surface area contributed by atoms with E-state index < -0.39 is 10.0 Å². The number of hydrogen-bond acceptors (Lipinski definition) is 4. The van der Waals surface area contributed by atoms with Gasteiger partial charge in [0.15, 0.2) is 0 Å². The van der Waals surface area contributed by atoms with Crippen LogP contribution in [-0.2, 0) is 10.0 Å². The smallest absolute Gasteiger partial charge is 0.261 e. The molecule has 2 aromatic carbocycles. The zero-order valence-electron chi connectivity index (χ0n) is 12.3. The molecule has 0 spiro atoms. The standard InChI is InChI=1S/C17H13N3O2S/c1-12-4-6-13(7-5-12)23(21,22)20-17-9-8-16-14(15(17)11-18)3-2-10-19-16/h2-10,20H,1H3. The summed E-state index contributed by atoms with van der Waals surface area (Å²) in [7, 11) is -3.75. The van der Waals surface area contributed by atoms with Gasteiger partial charge >= 0.3 is 0 Å². The first-order valence-electron chi connectivity index (χ1n) is 6.88. The molecule has 0 aliphatic carbocycles. The number of nitriles is 1. The molecule has 0 unspecified atom stereocenters. The predicted octanol–water partition coefficient (Wildman–Crippen LogP) is 3.22. The van der Waals surface area contributed by atoms with Crippen LogP contribution in [0, 0.1) is 18.3 Å². The fraction of sp³-hybridized carbons (Fsp3) is 0.0588. The maximum atomic E-state index is 12.5. The molecule has 6 heteroatoms. The second-order valence-corrected chi connectivity index (χ2v) is 6.77. The monoisotopic (exact) mass is 323 g/mol. The topological polar surface area (TPSA) is 82.8 Å². The number of sulfonamides is 1. The molecule has 5 nitrogen and oxygen atoms in total. The highest BCUT2D eigenvalue weighted by Gasteiger charge is 2.17. The van der Waals surface area contributed by atoms with Gasteiger partial charge in [0.25, 0.3) is 10.0 Å². The molecule has 0 radical (unpaired) electrons. The minimum absolute atomic E-state index is 0.151. The summed E-state index contributed by atoms with van der Waals surface area (Å²) in [6.07, 6.45) is 1.62. The summed E-state index contributed by atoms with van der Waals surface area (Å²) in [5.41, 5.74) is 2.11. The maximum Gasteiger partial charge on any atom is 0.261 e. The molecule has 114 valence electrons. The van der Waals surface area contributed by atoms with E-state index in [0.29, 0.717) is 10.9 Å². The van der Waals surface area contributed by atoms with Crippen molar-refractivity contribution in [2.45, 2.75) is 11.8 Å². The fourth-order valence-electron chi connectivity index (χ4n) is 2.28. The van der Waals surface area contributed by atoms with E-state index in [1.807, 2.05) is 6.92 Å². The second-order valence-electron chi connectivity index (χ2n) is 5.09. The van der Waals surface area contributed by atoms with E-state index in [4.69, 9.17) is 0 Å². The Morgan fingerprint density at radius 3 is 2.52 bits per heavy atom. The molecule has 0 aliphatic rings. The lowest BCUT2D eigenvalue weighted by molar-refractivity contribution is 0.601. The Bertz CT molecular complexity index is 1020. The van der Waals surface area contributed by atoms with Crippen molar-refractivity contribution in [2.24, 2.45) is 0 Å². The lowest BCUT2D eigenvalue weighted by Crippen LogP contribution is -2.14. The molecule has 0 amide bonds. The van der Waals surface area contributed by atoms with E-state index in [1.54, 1.807) is 42.6 Å². The lowest BCUT2D eigenvalue weighted by atomic mass is 10.1. The molecule has 3 aromatic rings. The van der Waals surface area contributed by atoms with Gasteiger partial charge < -0.3 is 0 Å². The number of nitrogens with one attached hydrogen (secondary N) is 1. The van der Waals surface area contributed by atoms with E-state index in [1.165, 1.54) is 12.1 Å². The van der Waals surface area contributed by atoms with Crippen molar-refractivity contribution < 1.29 is 8.42 Å². The number of anilines is 1. The SMILES string of the molecule is Cc1ccc(S(=O)(=O)Nc2ccc3ncccc3c2C#N)cc1. The van der Waals surface area contributed by atoms with Crippen molar-refractivity contribution in [1.82, 2.24) is 4.98 Å². The number of hydrogen-bond donors (Lipinski definition) is 1. The van der Waals surface area contributed by atoms with E-state index in [2.05, 4.69) is 15.8 Å². The van der Waals surface area contributed by atoms with E-state index in [-0.39, 0.29) is 16.1 Å². The predicted molar refractivity (Wildman–Crippen MR) is 88.4 cm³/mol. The Morgan fingerprint density at radius 1 is 1.09 bits per heavy atom. The van der Waals surface area contributed by atoms with Gasteiger partial charge in [-0.3, -0.25) is 9.71 Å². The Balaban J connectivity index is 2.08. The molecule has 0 saturated carbocycles. The first kappa shape index (κ1) is 15.0. The Kier molecular flexibility index (Phi) is 3.72. The molecule has 1 heterocycles. The highest BCUT2D eigenvalue weighted by molar-refractivity contribution is 7.92. The van der Waals surface area contributed by atoms with Crippen molar-refractivity contribution in [1.29, 1.82) is 5.26 Å². The summed E-state index contributed by atoms with van der Waals surface area (Å²) < 4.78 is 27.4. The van der Waals surface area contributed by atoms with Crippen LogP contribution in [0.25, 0.3) is 10.9 Å². The van der Waals surface area contributed by atoms with Crippen LogP contribution in [0.15, 0.2) is 59.6 Å². The van der Waals surface area contributed by atoms with Crippen LogP contribution in [0.2, 0.25) is 0 Å². The molecular weight excluding hydrogens is 310 g/mol.